The van der Waals surface area contributed by atoms with Gasteiger partial charge >= 0.3 is 0 Å². The second kappa shape index (κ2) is 7.05. The minimum Gasteiger partial charge on any atom is -0.381 e. The van der Waals surface area contributed by atoms with Gasteiger partial charge in [-0.05, 0) is 44.0 Å². The molecule has 114 valence electrons. The van der Waals surface area contributed by atoms with Crippen LogP contribution in [0.4, 0.5) is 5.69 Å². The highest BCUT2D eigenvalue weighted by atomic mass is 16.5. The van der Waals surface area contributed by atoms with Crippen molar-refractivity contribution in [2.45, 2.75) is 32.2 Å². The van der Waals surface area contributed by atoms with Gasteiger partial charge in [0.05, 0.1) is 12.5 Å². The van der Waals surface area contributed by atoms with Crippen molar-refractivity contribution in [3.63, 3.8) is 0 Å². The van der Waals surface area contributed by atoms with Gasteiger partial charge in [0.1, 0.15) is 0 Å². The Hall–Kier alpha value is -1.39. The van der Waals surface area contributed by atoms with Crippen molar-refractivity contribution in [2.75, 3.05) is 31.6 Å². The summed E-state index contributed by atoms with van der Waals surface area (Å²) in [6.45, 7) is 4.52. The molecule has 2 heterocycles. The first kappa shape index (κ1) is 14.5. The Labute approximate surface area is 126 Å². The zero-order valence-electron chi connectivity index (χ0n) is 12.5. The van der Waals surface area contributed by atoms with E-state index >= 15 is 0 Å². The maximum absolute atomic E-state index is 12.3. The molecule has 1 atom stereocenters. The van der Waals surface area contributed by atoms with Crippen molar-refractivity contribution in [1.29, 1.82) is 0 Å². The SMILES string of the molecule is O=C(Nc1ccccc1CN1CCCCC1)C1CCOC1. The van der Waals surface area contributed by atoms with E-state index in [1.54, 1.807) is 0 Å². The maximum Gasteiger partial charge on any atom is 0.229 e. The third kappa shape index (κ3) is 3.83. The molecule has 2 aliphatic heterocycles. The minimum absolute atomic E-state index is 0.00745. The number of para-hydroxylation sites is 1. The smallest absolute Gasteiger partial charge is 0.229 e. The number of nitrogens with zero attached hydrogens (tertiary/aromatic N) is 1. The number of piperidine rings is 1. The lowest BCUT2D eigenvalue weighted by Crippen LogP contribution is -2.30. The fraction of sp³-hybridized carbons (Fsp3) is 0.588. The van der Waals surface area contributed by atoms with Crippen molar-refractivity contribution in [3.05, 3.63) is 29.8 Å². The van der Waals surface area contributed by atoms with Crippen molar-refractivity contribution in [3.8, 4) is 0 Å². The quantitative estimate of drug-likeness (QED) is 0.926. The molecule has 4 nitrogen and oxygen atoms in total. The summed E-state index contributed by atoms with van der Waals surface area (Å²) in [5.41, 5.74) is 2.17. The Morgan fingerprint density at radius 3 is 2.81 bits per heavy atom. The molecule has 0 aliphatic carbocycles. The van der Waals surface area contributed by atoms with E-state index in [0.717, 1.165) is 18.7 Å². The van der Waals surface area contributed by atoms with Crippen LogP contribution in [0.15, 0.2) is 24.3 Å². The average molecular weight is 288 g/mol. The predicted molar refractivity (Wildman–Crippen MR) is 83.1 cm³/mol. The Kier molecular flexibility index (Phi) is 4.88. The monoisotopic (exact) mass is 288 g/mol. The number of ether oxygens (including phenoxy) is 1. The topological polar surface area (TPSA) is 41.6 Å². The fourth-order valence-corrected chi connectivity index (χ4v) is 3.11. The van der Waals surface area contributed by atoms with Crippen LogP contribution in [0.2, 0.25) is 0 Å². The normalized spacial score (nSPS) is 23.1. The maximum atomic E-state index is 12.3. The molecule has 4 heteroatoms. The number of amides is 1. The van der Waals surface area contributed by atoms with Crippen LogP contribution in [0.25, 0.3) is 0 Å². The molecule has 0 saturated carbocycles. The number of carbonyl (C=O) groups is 1. The van der Waals surface area contributed by atoms with E-state index in [4.69, 9.17) is 4.74 Å². The number of rotatable bonds is 4. The van der Waals surface area contributed by atoms with Crippen molar-refractivity contribution in [2.24, 2.45) is 5.92 Å². The molecule has 2 fully saturated rings. The van der Waals surface area contributed by atoms with Crippen LogP contribution >= 0.6 is 0 Å². The predicted octanol–water partition coefficient (Wildman–Crippen LogP) is 2.65. The van der Waals surface area contributed by atoms with E-state index in [0.29, 0.717) is 13.2 Å². The lowest BCUT2D eigenvalue weighted by atomic mass is 10.1. The molecule has 1 amide bonds. The zero-order valence-corrected chi connectivity index (χ0v) is 12.5. The van der Waals surface area contributed by atoms with Crippen LogP contribution in [0.1, 0.15) is 31.2 Å². The second-order valence-corrected chi connectivity index (χ2v) is 6.04. The third-order valence-corrected chi connectivity index (χ3v) is 4.42. The molecule has 1 N–H and O–H groups in total. The third-order valence-electron chi connectivity index (χ3n) is 4.42. The molecule has 0 spiro atoms. The molecule has 3 rings (SSSR count). The number of anilines is 1. The summed E-state index contributed by atoms with van der Waals surface area (Å²) in [4.78, 5) is 14.7. The van der Waals surface area contributed by atoms with Gasteiger partial charge in [-0.15, -0.1) is 0 Å². The summed E-state index contributed by atoms with van der Waals surface area (Å²) in [5, 5.41) is 3.10. The van der Waals surface area contributed by atoms with Crippen LogP contribution in [0.3, 0.4) is 0 Å². The van der Waals surface area contributed by atoms with Crippen LogP contribution in [0, 0.1) is 5.92 Å². The first-order valence-corrected chi connectivity index (χ1v) is 8.02. The highest BCUT2D eigenvalue weighted by Gasteiger charge is 2.24. The number of likely N-dealkylation sites (tertiary alicyclic amines) is 1. The number of benzene rings is 1. The molecule has 2 saturated heterocycles. The van der Waals surface area contributed by atoms with Crippen LogP contribution in [-0.4, -0.2) is 37.1 Å². The molecule has 0 aromatic heterocycles. The number of hydrogen-bond donors (Lipinski definition) is 1. The fourth-order valence-electron chi connectivity index (χ4n) is 3.11. The molecule has 1 aromatic carbocycles. The summed E-state index contributed by atoms with van der Waals surface area (Å²) in [6, 6.07) is 8.16. The van der Waals surface area contributed by atoms with Gasteiger partial charge in [0.15, 0.2) is 0 Å². The summed E-state index contributed by atoms with van der Waals surface area (Å²) in [5.74, 6) is 0.103. The molecule has 0 radical (unpaired) electrons. The molecular formula is C17H24N2O2. The Balaban J connectivity index is 1.65. The first-order chi connectivity index (χ1) is 10.3. The number of hydrogen-bond acceptors (Lipinski definition) is 3. The summed E-state index contributed by atoms with van der Waals surface area (Å²) in [7, 11) is 0. The minimum atomic E-state index is 0.00745. The molecule has 1 aromatic rings. The standard InChI is InChI=1S/C17H24N2O2/c20-17(15-8-11-21-13-15)18-16-7-3-2-6-14(16)12-19-9-4-1-5-10-19/h2-3,6-7,15H,1,4-5,8-13H2,(H,18,20). The van der Waals surface area contributed by atoms with Gasteiger partial charge in [-0.2, -0.15) is 0 Å². The summed E-state index contributed by atoms with van der Waals surface area (Å²) < 4.78 is 5.30. The van der Waals surface area contributed by atoms with Gasteiger partial charge in [-0.3, -0.25) is 9.69 Å². The molecule has 21 heavy (non-hydrogen) atoms. The zero-order chi connectivity index (χ0) is 14.5. The summed E-state index contributed by atoms with van der Waals surface area (Å²) in [6.07, 6.45) is 4.75. The van der Waals surface area contributed by atoms with Gasteiger partial charge < -0.3 is 10.1 Å². The highest BCUT2D eigenvalue weighted by Crippen LogP contribution is 2.22. The molecule has 0 bridgehead atoms. The lowest BCUT2D eigenvalue weighted by Gasteiger charge is -2.27. The van der Waals surface area contributed by atoms with Crippen molar-refractivity contribution < 1.29 is 9.53 Å². The van der Waals surface area contributed by atoms with Gasteiger partial charge in [-0.25, -0.2) is 0 Å². The largest absolute Gasteiger partial charge is 0.381 e. The molecule has 1 unspecified atom stereocenters. The summed E-state index contributed by atoms with van der Waals surface area (Å²) >= 11 is 0. The Morgan fingerprint density at radius 1 is 1.24 bits per heavy atom. The van der Waals surface area contributed by atoms with Crippen molar-refractivity contribution in [1.82, 2.24) is 4.90 Å². The van der Waals surface area contributed by atoms with E-state index < -0.39 is 0 Å². The van der Waals surface area contributed by atoms with E-state index in [1.807, 2.05) is 18.2 Å². The van der Waals surface area contributed by atoms with Crippen LogP contribution in [-0.2, 0) is 16.1 Å². The van der Waals surface area contributed by atoms with E-state index in [1.165, 1.54) is 37.9 Å². The second-order valence-electron chi connectivity index (χ2n) is 6.04. The molecular weight excluding hydrogens is 264 g/mol. The van der Waals surface area contributed by atoms with Gasteiger partial charge in [-0.1, -0.05) is 24.6 Å². The van der Waals surface area contributed by atoms with E-state index in [-0.39, 0.29) is 11.8 Å². The highest BCUT2D eigenvalue weighted by molar-refractivity contribution is 5.93. The van der Waals surface area contributed by atoms with E-state index in [2.05, 4.69) is 16.3 Å². The molecule has 2 aliphatic rings. The van der Waals surface area contributed by atoms with Crippen LogP contribution < -0.4 is 5.32 Å². The number of carbonyl (C=O) groups excluding carboxylic acids is 1. The lowest BCUT2D eigenvalue weighted by molar-refractivity contribution is -0.119. The van der Waals surface area contributed by atoms with E-state index in [9.17, 15) is 4.79 Å². The van der Waals surface area contributed by atoms with Gasteiger partial charge in [0.25, 0.3) is 0 Å². The van der Waals surface area contributed by atoms with Crippen molar-refractivity contribution >= 4 is 11.6 Å². The van der Waals surface area contributed by atoms with Crippen LogP contribution in [0.5, 0.6) is 0 Å². The van der Waals surface area contributed by atoms with Gasteiger partial charge in [0, 0.05) is 18.8 Å². The van der Waals surface area contributed by atoms with Gasteiger partial charge in [0.2, 0.25) is 5.91 Å². The first-order valence-electron chi connectivity index (χ1n) is 8.02. The number of nitrogens with one attached hydrogen (secondary N) is 1. The Morgan fingerprint density at radius 2 is 2.05 bits per heavy atom. The Bertz CT molecular complexity index is 477. The average Bonchev–Trinajstić information content (AvgIpc) is 3.05.